The first-order valence-electron chi connectivity index (χ1n) is 18.7. The minimum atomic E-state index is -0.343. The normalized spacial score (nSPS) is 30.5. The maximum absolute atomic E-state index is 13.4. The number of aliphatic imine (C=N–C) groups is 1. The molecular formula is C36H64N6O3+2. The molecule has 5 rings (SSSR count). The van der Waals surface area contributed by atoms with Crippen LogP contribution in [-0.2, 0) is 9.53 Å². The second kappa shape index (κ2) is 16.1. The molecule has 5 aliphatic rings. The Labute approximate surface area is 272 Å². The number of hydrogen-bond acceptors (Lipinski definition) is 7. The lowest BCUT2D eigenvalue weighted by Crippen LogP contribution is -3.00. The number of rotatable bonds is 17. The smallest absolute Gasteiger partial charge is 0.441 e. The number of quaternary nitrogens is 1. The number of ether oxygens (including phenoxy) is 1. The molecule has 0 amide bonds. The van der Waals surface area contributed by atoms with Crippen molar-refractivity contribution in [2.45, 2.75) is 198 Å². The monoisotopic (exact) mass is 629 g/mol. The highest BCUT2D eigenvalue weighted by Gasteiger charge is 2.48. The molecule has 5 heterocycles. The summed E-state index contributed by atoms with van der Waals surface area (Å²) in [7, 11) is 0. The zero-order valence-electron chi connectivity index (χ0n) is 28.8. The number of carbonyl (C=O) groups is 1. The van der Waals surface area contributed by atoms with Gasteiger partial charge in [0.05, 0.1) is 29.5 Å². The molecule has 0 aromatic rings. The van der Waals surface area contributed by atoms with E-state index in [1.807, 2.05) is 13.8 Å². The molecule has 0 spiro atoms. The molecule has 9 heteroatoms. The Kier molecular flexibility index (Phi) is 12.3. The molecule has 0 unspecified atom stereocenters. The van der Waals surface area contributed by atoms with Gasteiger partial charge < -0.3 is 20.5 Å². The first kappa shape index (κ1) is 34.2. The van der Waals surface area contributed by atoms with E-state index in [-0.39, 0.29) is 30.3 Å². The number of allylic oxidation sites excluding steroid dienone is 1. The number of esters is 1. The van der Waals surface area contributed by atoms with Gasteiger partial charge in [0.15, 0.2) is 5.96 Å². The Morgan fingerprint density at radius 2 is 1.78 bits per heavy atom. The van der Waals surface area contributed by atoms with E-state index < -0.39 is 0 Å². The van der Waals surface area contributed by atoms with Gasteiger partial charge in [-0.05, 0) is 78.6 Å². The molecule has 254 valence electrons. The molecule has 6 N–H and O–H groups in total. The van der Waals surface area contributed by atoms with Gasteiger partial charge in [0.25, 0.3) is 0 Å². The summed E-state index contributed by atoms with van der Waals surface area (Å²) in [5.41, 5.74) is 7.71. The number of fused-ring (bicyclic) bond motifs is 1. The molecule has 45 heavy (non-hydrogen) atoms. The highest BCUT2D eigenvalue weighted by Crippen LogP contribution is 2.37. The average Bonchev–Trinajstić information content (AvgIpc) is 3.59. The fraction of sp³-hybridized carbons (Fsp3) is 0.861. The van der Waals surface area contributed by atoms with Crippen LogP contribution in [0.3, 0.4) is 0 Å². The van der Waals surface area contributed by atoms with E-state index in [2.05, 4.69) is 38.9 Å². The molecule has 0 aliphatic carbocycles. The van der Waals surface area contributed by atoms with Crippen molar-refractivity contribution < 1.29 is 24.5 Å². The molecule has 5 aliphatic heterocycles. The van der Waals surface area contributed by atoms with Gasteiger partial charge in [-0.1, -0.05) is 51.9 Å². The van der Waals surface area contributed by atoms with Crippen molar-refractivity contribution in [3.8, 4) is 0 Å². The highest BCUT2D eigenvalue weighted by atomic mass is 16.5. The maximum atomic E-state index is 13.4. The van der Waals surface area contributed by atoms with E-state index in [1.54, 1.807) is 0 Å². The fourth-order valence-corrected chi connectivity index (χ4v) is 9.06. The summed E-state index contributed by atoms with van der Waals surface area (Å²) in [6.45, 7) is 8.43. The van der Waals surface area contributed by atoms with E-state index >= 15 is 0 Å². The predicted octanol–water partition coefficient (Wildman–Crippen LogP) is 4.42. The molecule has 0 bridgehead atoms. The van der Waals surface area contributed by atoms with Gasteiger partial charge in [0.1, 0.15) is 24.2 Å². The number of carbonyl (C=O) groups excluding carboxylic acids is 1. The summed E-state index contributed by atoms with van der Waals surface area (Å²) in [6.07, 6.45) is 21.1. The van der Waals surface area contributed by atoms with Crippen LogP contribution in [0.25, 0.3) is 0 Å². The molecule has 0 aromatic heterocycles. The van der Waals surface area contributed by atoms with Crippen LogP contribution >= 0.6 is 0 Å². The molecule has 0 radical (unpaired) electrons. The van der Waals surface area contributed by atoms with Crippen LogP contribution in [0.15, 0.2) is 16.3 Å². The SMILES string of the molecule is CCCCCC[C@H](O)C[C@@H]1CC[C@H]2C(C(=O)O[C@H](C)CCCCCCC[C@@H]3C[C@@H]4CC[C@@H]5C[C@H](C)NC(=[N+]54)[NH2+]3)=C(C)N=C(N)N12. The quantitative estimate of drug-likeness (QED) is 0.108. The molecule has 2 saturated heterocycles. The first-order chi connectivity index (χ1) is 21.7. The van der Waals surface area contributed by atoms with Gasteiger partial charge in [-0.15, -0.1) is 0 Å². The second-order valence-electron chi connectivity index (χ2n) is 15.0. The van der Waals surface area contributed by atoms with Crippen molar-refractivity contribution in [1.29, 1.82) is 0 Å². The zero-order chi connectivity index (χ0) is 31.9. The van der Waals surface area contributed by atoms with Gasteiger partial charge >= 0.3 is 11.9 Å². The van der Waals surface area contributed by atoms with Gasteiger partial charge in [0.2, 0.25) is 0 Å². The number of aliphatic hydroxyl groups excluding tert-OH is 1. The highest BCUT2D eigenvalue weighted by molar-refractivity contribution is 5.95. The lowest BCUT2D eigenvalue weighted by molar-refractivity contribution is -0.716. The lowest BCUT2D eigenvalue weighted by Gasteiger charge is -2.36. The van der Waals surface area contributed by atoms with Gasteiger partial charge in [0, 0.05) is 25.3 Å². The molecule has 0 aromatic carbocycles. The number of unbranched alkanes of at least 4 members (excludes halogenated alkanes) is 7. The van der Waals surface area contributed by atoms with Crippen molar-refractivity contribution in [3.63, 3.8) is 0 Å². The minimum Gasteiger partial charge on any atom is -0.459 e. The number of nitrogens with one attached hydrogen (secondary N) is 1. The van der Waals surface area contributed by atoms with Crippen LogP contribution in [0.4, 0.5) is 0 Å². The van der Waals surface area contributed by atoms with E-state index in [0.29, 0.717) is 29.7 Å². The number of aliphatic hydroxyl groups is 1. The summed E-state index contributed by atoms with van der Waals surface area (Å²) in [5, 5.41) is 17.0. The Morgan fingerprint density at radius 3 is 2.58 bits per heavy atom. The Hall–Kier alpha value is -2.13. The number of nitrogens with two attached hydrogens (primary N) is 2. The lowest BCUT2D eigenvalue weighted by atomic mass is 9.97. The van der Waals surface area contributed by atoms with Crippen molar-refractivity contribution in [1.82, 2.24) is 10.2 Å². The van der Waals surface area contributed by atoms with Crippen molar-refractivity contribution in [2.75, 3.05) is 0 Å². The Morgan fingerprint density at radius 1 is 1.07 bits per heavy atom. The fourth-order valence-electron chi connectivity index (χ4n) is 9.06. The van der Waals surface area contributed by atoms with Gasteiger partial charge in [-0.3, -0.25) is 0 Å². The standard InChI is InChI=1S/C36H62N6O3/c1-5-6-7-13-16-31(43)23-30-19-20-32-33(26(4)39-35(37)42(30)32)34(44)45-25(3)14-11-9-8-10-12-15-27-22-29-18-17-28-21-24(2)38-36(40-27)41(28)29/h24-25,27-32,43H,5-23H2,1-4H3,(H3,37,38,39,40,44)/p+2/t24-,25+,27+,28+,29-,30-,31-,32-/m0/s1. The first-order valence-corrected chi connectivity index (χ1v) is 18.7. The molecule has 2 fully saturated rings. The van der Waals surface area contributed by atoms with Crippen molar-refractivity contribution in [2.24, 2.45) is 10.7 Å². The number of nitrogens with zero attached hydrogens (tertiary/aromatic N) is 3. The van der Waals surface area contributed by atoms with Crippen LogP contribution in [0.2, 0.25) is 0 Å². The van der Waals surface area contributed by atoms with Crippen LogP contribution in [-0.4, -0.2) is 80.9 Å². The van der Waals surface area contributed by atoms with Crippen LogP contribution in [0.5, 0.6) is 0 Å². The summed E-state index contributed by atoms with van der Waals surface area (Å²) in [6, 6.07) is 2.87. The molecule has 0 saturated carbocycles. The van der Waals surface area contributed by atoms with Gasteiger partial charge in [-0.2, -0.15) is 0 Å². The molecule has 8 atom stereocenters. The third-order valence-electron chi connectivity index (χ3n) is 11.3. The third-order valence-corrected chi connectivity index (χ3v) is 11.3. The van der Waals surface area contributed by atoms with Crippen LogP contribution in [0.1, 0.15) is 150 Å². The van der Waals surface area contributed by atoms with E-state index in [1.165, 1.54) is 83.0 Å². The second-order valence-corrected chi connectivity index (χ2v) is 15.0. The molecular weight excluding hydrogens is 564 g/mol. The average molecular weight is 629 g/mol. The maximum Gasteiger partial charge on any atom is 0.441 e. The van der Waals surface area contributed by atoms with Gasteiger partial charge in [-0.25, -0.2) is 25.0 Å². The number of guanidine groups is 2. The minimum absolute atomic E-state index is 0.102. The topological polar surface area (TPSA) is 120 Å². The Balaban J connectivity index is 0.982. The largest absolute Gasteiger partial charge is 0.459 e. The van der Waals surface area contributed by atoms with Crippen LogP contribution < -0.4 is 16.4 Å². The van der Waals surface area contributed by atoms with Crippen LogP contribution in [0, 0.1) is 0 Å². The van der Waals surface area contributed by atoms with Crippen molar-refractivity contribution in [3.05, 3.63) is 11.3 Å². The van der Waals surface area contributed by atoms with E-state index in [4.69, 9.17) is 10.5 Å². The summed E-state index contributed by atoms with van der Waals surface area (Å²) < 4.78 is 8.69. The van der Waals surface area contributed by atoms with E-state index in [0.717, 1.165) is 56.7 Å². The Bertz CT molecular complexity index is 1100. The summed E-state index contributed by atoms with van der Waals surface area (Å²) >= 11 is 0. The zero-order valence-corrected chi connectivity index (χ0v) is 28.8. The summed E-state index contributed by atoms with van der Waals surface area (Å²) in [4.78, 5) is 20.0. The van der Waals surface area contributed by atoms with E-state index in [9.17, 15) is 9.90 Å². The predicted molar refractivity (Wildman–Crippen MR) is 180 cm³/mol. The summed E-state index contributed by atoms with van der Waals surface area (Å²) in [5.74, 6) is 1.66. The number of hydrogen-bond donors (Lipinski definition) is 4. The third kappa shape index (κ3) is 8.62. The van der Waals surface area contributed by atoms with Crippen molar-refractivity contribution >= 4 is 17.9 Å². The molecule has 9 nitrogen and oxygen atoms in total.